The molecule has 0 aliphatic rings. The standard InChI is InChI=1S/C3H5FS2/c1-5-6-3-2-4/h2-3H,1H3. The van der Waals surface area contributed by atoms with Crippen molar-refractivity contribution in [2.24, 2.45) is 0 Å². The van der Waals surface area contributed by atoms with Crippen molar-refractivity contribution < 1.29 is 4.39 Å². The largest absolute Gasteiger partial charge is 0.215 e. The van der Waals surface area contributed by atoms with E-state index in [9.17, 15) is 4.39 Å². The summed E-state index contributed by atoms with van der Waals surface area (Å²) < 4.78 is 11.0. The Kier molecular flexibility index (Phi) is 5.70. The zero-order chi connectivity index (χ0) is 4.83. The lowest BCUT2D eigenvalue weighted by molar-refractivity contribution is 0.724. The van der Waals surface area contributed by atoms with Crippen LogP contribution in [-0.4, -0.2) is 6.26 Å². The van der Waals surface area contributed by atoms with Crippen LogP contribution in [0.2, 0.25) is 0 Å². The van der Waals surface area contributed by atoms with Crippen molar-refractivity contribution in [2.45, 2.75) is 0 Å². The van der Waals surface area contributed by atoms with Gasteiger partial charge in [0.1, 0.15) is 0 Å². The highest BCUT2D eigenvalue weighted by Crippen LogP contribution is 2.17. The van der Waals surface area contributed by atoms with E-state index in [1.165, 1.54) is 27.0 Å². The molecular formula is C3H5FS2. The molecule has 0 atom stereocenters. The monoisotopic (exact) mass is 124 g/mol. The molecule has 0 rings (SSSR count). The second-order valence-corrected chi connectivity index (χ2v) is 2.90. The summed E-state index contributed by atoms with van der Waals surface area (Å²) in [6.07, 6.45) is 2.42. The topological polar surface area (TPSA) is 0 Å². The molecule has 0 nitrogen and oxygen atoms in total. The van der Waals surface area contributed by atoms with Crippen molar-refractivity contribution in [2.75, 3.05) is 6.26 Å². The summed E-state index contributed by atoms with van der Waals surface area (Å²) >= 11 is 0. The Morgan fingerprint density at radius 1 is 1.67 bits per heavy atom. The minimum absolute atomic E-state index is 0.529. The molecule has 0 spiro atoms. The molecule has 0 saturated heterocycles. The Bertz CT molecular complexity index is 44.1. The first-order valence-corrected chi connectivity index (χ1v) is 3.98. The van der Waals surface area contributed by atoms with Crippen LogP contribution in [0, 0.1) is 0 Å². The van der Waals surface area contributed by atoms with E-state index in [0.717, 1.165) is 0 Å². The highest BCUT2D eigenvalue weighted by molar-refractivity contribution is 8.77. The normalized spacial score (nSPS) is 10.3. The molecule has 0 radical (unpaired) electrons. The Morgan fingerprint density at radius 3 is 2.50 bits per heavy atom. The van der Waals surface area contributed by atoms with Gasteiger partial charge in [0.25, 0.3) is 0 Å². The van der Waals surface area contributed by atoms with Crippen molar-refractivity contribution in [1.82, 2.24) is 0 Å². The first-order valence-electron chi connectivity index (χ1n) is 1.36. The molecule has 0 bridgehead atoms. The number of hydrogen-bond acceptors (Lipinski definition) is 2. The summed E-state index contributed by atoms with van der Waals surface area (Å²) in [6.45, 7) is 0. The Hall–Kier alpha value is 0.370. The fourth-order valence-corrected chi connectivity index (χ4v) is 0.689. The van der Waals surface area contributed by atoms with E-state index >= 15 is 0 Å². The van der Waals surface area contributed by atoms with Crippen LogP contribution in [0.5, 0.6) is 0 Å². The molecule has 0 unspecified atom stereocenters. The summed E-state index contributed by atoms with van der Waals surface area (Å²) in [5.74, 6) is 0. The average Bonchev–Trinajstić information content (AvgIpc) is 1.61. The Morgan fingerprint density at radius 2 is 2.33 bits per heavy atom. The summed E-state index contributed by atoms with van der Waals surface area (Å²) in [7, 11) is 2.89. The van der Waals surface area contributed by atoms with Gasteiger partial charge in [0.05, 0.1) is 6.33 Å². The lowest BCUT2D eigenvalue weighted by atomic mass is 11.2. The summed E-state index contributed by atoms with van der Waals surface area (Å²) in [5.41, 5.74) is 0. The Balaban J connectivity index is 2.66. The maximum Gasteiger partial charge on any atom is 0.0938 e. The smallest absolute Gasteiger partial charge is 0.0938 e. The number of rotatable bonds is 2. The highest BCUT2D eigenvalue weighted by Gasteiger charge is 1.66. The van der Waals surface area contributed by atoms with E-state index in [0.29, 0.717) is 6.33 Å². The number of hydrogen-bond donors (Lipinski definition) is 0. The van der Waals surface area contributed by atoms with Crippen molar-refractivity contribution in [3.05, 3.63) is 11.7 Å². The lowest BCUT2D eigenvalue weighted by Crippen LogP contribution is -1.33. The lowest BCUT2D eigenvalue weighted by Gasteiger charge is -1.74. The molecule has 6 heavy (non-hydrogen) atoms. The molecule has 0 heterocycles. The molecule has 0 aromatic heterocycles. The van der Waals surface area contributed by atoms with Gasteiger partial charge in [-0.3, -0.25) is 0 Å². The fourth-order valence-electron chi connectivity index (χ4n) is 0.0766. The van der Waals surface area contributed by atoms with E-state index in [1.54, 1.807) is 0 Å². The highest BCUT2D eigenvalue weighted by atomic mass is 33.1. The van der Waals surface area contributed by atoms with Gasteiger partial charge in [-0.15, -0.1) is 0 Å². The van der Waals surface area contributed by atoms with Crippen LogP contribution in [0.15, 0.2) is 11.7 Å². The second-order valence-electron chi connectivity index (χ2n) is 0.525. The van der Waals surface area contributed by atoms with Crippen LogP contribution in [0.4, 0.5) is 4.39 Å². The molecule has 3 heteroatoms. The minimum atomic E-state index is 0.529. The molecule has 0 N–H and O–H groups in total. The number of halogens is 1. The van der Waals surface area contributed by atoms with E-state index in [2.05, 4.69) is 0 Å². The molecule has 0 fully saturated rings. The van der Waals surface area contributed by atoms with Crippen LogP contribution in [0.3, 0.4) is 0 Å². The molecular weight excluding hydrogens is 119 g/mol. The summed E-state index contributed by atoms with van der Waals surface area (Å²) in [6, 6.07) is 0. The van der Waals surface area contributed by atoms with Crippen molar-refractivity contribution in [1.29, 1.82) is 0 Å². The van der Waals surface area contributed by atoms with Gasteiger partial charge in [0.15, 0.2) is 0 Å². The fraction of sp³-hybridized carbons (Fsp3) is 0.333. The van der Waals surface area contributed by atoms with Crippen molar-refractivity contribution >= 4 is 21.6 Å². The minimum Gasteiger partial charge on any atom is -0.215 e. The zero-order valence-corrected chi connectivity index (χ0v) is 4.98. The maximum absolute atomic E-state index is 11.0. The first kappa shape index (κ1) is 6.37. The average molecular weight is 124 g/mol. The van der Waals surface area contributed by atoms with Crippen LogP contribution in [-0.2, 0) is 0 Å². The van der Waals surface area contributed by atoms with Gasteiger partial charge >= 0.3 is 0 Å². The van der Waals surface area contributed by atoms with Gasteiger partial charge in [-0.2, -0.15) is 0 Å². The SMILES string of the molecule is CSSC=CF. The quantitative estimate of drug-likeness (QED) is 0.518. The van der Waals surface area contributed by atoms with Crippen molar-refractivity contribution in [3.63, 3.8) is 0 Å². The molecule has 36 valence electrons. The predicted molar refractivity (Wildman–Crippen MR) is 31.4 cm³/mol. The maximum atomic E-state index is 11.0. The van der Waals surface area contributed by atoms with Gasteiger partial charge in [-0.1, -0.05) is 21.6 Å². The van der Waals surface area contributed by atoms with Gasteiger partial charge in [-0.25, -0.2) is 4.39 Å². The van der Waals surface area contributed by atoms with E-state index < -0.39 is 0 Å². The first-order chi connectivity index (χ1) is 2.91. The zero-order valence-electron chi connectivity index (χ0n) is 3.35. The Labute approximate surface area is 44.6 Å². The van der Waals surface area contributed by atoms with Gasteiger partial charge < -0.3 is 0 Å². The summed E-state index contributed by atoms with van der Waals surface area (Å²) in [5, 5.41) is 1.39. The molecule has 0 aromatic rings. The molecule has 0 aliphatic carbocycles. The summed E-state index contributed by atoms with van der Waals surface area (Å²) in [4.78, 5) is 0. The van der Waals surface area contributed by atoms with Crippen LogP contribution in [0.1, 0.15) is 0 Å². The molecule has 0 amide bonds. The van der Waals surface area contributed by atoms with E-state index in [4.69, 9.17) is 0 Å². The van der Waals surface area contributed by atoms with Gasteiger partial charge in [0.2, 0.25) is 0 Å². The van der Waals surface area contributed by atoms with E-state index in [-0.39, 0.29) is 0 Å². The molecule has 0 aromatic carbocycles. The third-order valence-electron chi connectivity index (χ3n) is 0.203. The molecule has 0 aliphatic heterocycles. The molecule has 0 saturated carbocycles. The third kappa shape index (κ3) is 4.37. The van der Waals surface area contributed by atoms with Crippen LogP contribution >= 0.6 is 21.6 Å². The second kappa shape index (κ2) is 5.37. The van der Waals surface area contributed by atoms with Crippen LogP contribution < -0.4 is 0 Å². The van der Waals surface area contributed by atoms with E-state index in [1.807, 2.05) is 6.26 Å². The van der Waals surface area contributed by atoms with Gasteiger partial charge in [0, 0.05) is 5.41 Å². The van der Waals surface area contributed by atoms with Crippen LogP contribution in [0.25, 0.3) is 0 Å². The predicted octanol–water partition coefficient (Wildman–Crippen LogP) is 2.44. The third-order valence-corrected chi connectivity index (χ3v) is 1.52. The van der Waals surface area contributed by atoms with Gasteiger partial charge in [-0.05, 0) is 6.26 Å². The van der Waals surface area contributed by atoms with Crippen molar-refractivity contribution in [3.8, 4) is 0 Å².